The van der Waals surface area contributed by atoms with Crippen LogP contribution in [0.3, 0.4) is 0 Å². The third-order valence-corrected chi connectivity index (χ3v) is 1.50. The summed E-state index contributed by atoms with van der Waals surface area (Å²) in [5.41, 5.74) is 0. The molecule has 0 aromatic heterocycles. The number of ether oxygens (including phenoxy) is 1. The van der Waals surface area contributed by atoms with E-state index in [9.17, 15) is 8.63 Å². The van der Waals surface area contributed by atoms with Gasteiger partial charge >= 0.3 is 26.1 Å². The van der Waals surface area contributed by atoms with Crippen LogP contribution in [0.4, 0.5) is 8.63 Å². The first-order valence-corrected chi connectivity index (χ1v) is 3.20. The minimum Gasteiger partial charge on any atom is -1.00 e. The number of hydrogen-bond acceptors (Lipinski definition) is 1. The molecule has 0 aromatic carbocycles. The first-order chi connectivity index (χ1) is 4.30. The Morgan fingerprint density at radius 3 is 2.40 bits per heavy atom. The predicted molar refractivity (Wildman–Crippen MR) is 32.7 cm³/mol. The van der Waals surface area contributed by atoms with Crippen LogP contribution >= 0.6 is 0 Å². The molecule has 1 atom stereocenters. The standard InChI is InChI=1S/C5H9BF2O.Li.H/c7-6(8)5-3-1-2-4-9-5;;/h5H,1-4H2;;/q;+1;-1. The minimum atomic E-state index is -2.29. The Hall–Kier alpha value is 0.482. The van der Waals surface area contributed by atoms with Crippen LogP contribution in [-0.2, 0) is 4.74 Å². The Morgan fingerprint density at radius 2 is 2.10 bits per heavy atom. The van der Waals surface area contributed by atoms with Crippen molar-refractivity contribution in [3.63, 3.8) is 0 Å². The molecular formula is C5H10BF2LiO. The Morgan fingerprint density at radius 1 is 1.40 bits per heavy atom. The second-order valence-electron chi connectivity index (χ2n) is 2.24. The van der Waals surface area contributed by atoms with E-state index in [1.807, 2.05) is 0 Å². The molecule has 1 rings (SSSR count). The summed E-state index contributed by atoms with van der Waals surface area (Å²) in [5, 5.41) is 0. The third-order valence-electron chi connectivity index (χ3n) is 1.50. The van der Waals surface area contributed by atoms with Crippen LogP contribution in [0.15, 0.2) is 0 Å². The van der Waals surface area contributed by atoms with Crippen molar-refractivity contribution in [2.75, 3.05) is 6.61 Å². The van der Waals surface area contributed by atoms with Gasteiger partial charge in [0.05, 0.1) is 0 Å². The zero-order chi connectivity index (χ0) is 6.69. The van der Waals surface area contributed by atoms with Gasteiger partial charge in [-0.15, -0.1) is 0 Å². The predicted octanol–water partition coefficient (Wildman–Crippen LogP) is -1.36. The van der Waals surface area contributed by atoms with Crippen molar-refractivity contribution >= 4 is 7.27 Å². The van der Waals surface area contributed by atoms with Crippen molar-refractivity contribution in [3.8, 4) is 0 Å². The molecule has 1 nitrogen and oxygen atoms in total. The molecule has 0 radical (unpaired) electrons. The molecule has 0 N–H and O–H groups in total. The SMILES string of the molecule is FB(F)C1CCCCO1.[H-].[Li+]. The van der Waals surface area contributed by atoms with Crippen LogP contribution in [0.5, 0.6) is 0 Å². The zero-order valence-electron chi connectivity index (χ0n) is 7.15. The minimum absolute atomic E-state index is 0. The average molecular weight is 142 g/mol. The summed E-state index contributed by atoms with van der Waals surface area (Å²) in [6, 6.07) is -0.779. The van der Waals surface area contributed by atoms with Crippen LogP contribution in [0.1, 0.15) is 20.7 Å². The molecule has 1 fully saturated rings. The summed E-state index contributed by atoms with van der Waals surface area (Å²) in [6.07, 6.45) is 2.34. The molecule has 1 saturated heterocycles. The maximum Gasteiger partial charge on any atom is 1.00 e. The molecule has 0 saturated carbocycles. The number of halogens is 2. The molecule has 54 valence electrons. The Labute approximate surface area is 73.3 Å². The van der Waals surface area contributed by atoms with E-state index >= 15 is 0 Å². The third kappa shape index (κ3) is 3.05. The van der Waals surface area contributed by atoms with Crippen LogP contribution in [0, 0.1) is 0 Å². The second kappa shape index (κ2) is 5.17. The molecule has 1 heterocycles. The van der Waals surface area contributed by atoms with Crippen molar-refractivity contribution in [2.45, 2.75) is 25.3 Å². The van der Waals surface area contributed by atoms with Gasteiger partial charge in [0.15, 0.2) is 0 Å². The van der Waals surface area contributed by atoms with Gasteiger partial charge in [-0.05, 0) is 19.3 Å². The van der Waals surface area contributed by atoms with Crippen molar-refractivity contribution in [1.82, 2.24) is 0 Å². The van der Waals surface area contributed by atoms with Gasteiger partial charge in [0.2, 0.25) is 0 Å². The smallest absolute Gasteiger partial charge is 1.00 e. The van der Waals surface area contributed by atoms with Gasteiger partial charge in [0.1, 0.15) is 6.00 Å². The summed E-state index contributed by atoms with van der Waals surface area (Å²) in [6.45, 7) is 0.509. The molecule has 1 unspecified atom stereocenters. The largest absolute Gasteiger partial charge is 1.00 e. The maximum absolute atomic E-state index is 11.8. The molecule has 5 heteroatoms. The van der Waals surface area contributed by atoms with E-state index in [2.05, 4.69) is 0 Å². The molecule has 1 aliphatic heterocycles. The van der Waals surface area contributed by atoms with Crippen LogP contribution < -0.4 is 18.9 Å². The van der Waals surface area contributed by atoms with Crippen LogP contribution in [0.2, 0.25) is 0 Å². The van der Waals surface area contributed by atoms with Crippen molar-refractivity contribution in [3.05, 3.63) is 0 Å². The van der Waals surface area contributed by atoms with E-state index in [4.69, 9.17) is 4.74 Å². The van der Waals surface area contributed by atoms with Crippen LogP contribution in [-0.4, -0.2) is 19.9 Å². The first-order valence-electron chi connectivity index (χ1n) is 3.20. The summed E-state index contributed by atoms with van der Waals surface area (Å²) >= 11 is 0. The van der Waals surface area contributed by atoms with Gasteiger partial charge < -0.3 is 6.16 Å². The van der Waals surface area contributed by atoms with Gasteiger partial charge in [-0.3, -0.25) is 8.63 Å². The summed E-state index contributed by atoms with van der Waals surface area (Å²) in [7, 11) is -2.29. The van der Waals surface area contributed by atoms with E-state index in [0.29, 0.717) is 13.0 Å². The van der Waals surface area contributed by atoms with E-state index < -0.39 is 13.3 Å². The Balaban J connectivity index is 0. The summed E-state index contributed by atoms with van der Waals surface area (Å²) in [4.78, 5) is 0. The normalized spacial score (nSPS) is 25.2. The van der Waals surface area contributed by atoms with E-state index in [1.54, 1.807) is 0 Å². The van der Waals surface area contributed by atoms with Crippen molar-refractivity contribution in [1.29, 1.82) is 0 Å². The molecule has 0 aliphatic carbocycles. The van der Waals surface area contributed by atoms with Gasteiger partial charge in [-0.1, -0.05) is 0 Å². The molecule has 0 bridgehead atoms. The van der Waals surface area contributed by atoms with Crippen LogP contribution in [0.25, 0.3) is 0 Å². The second-order valence-corrected chi connectivity index (χ2v) is 2.24. The Kier molecular flexibility index (Phi) is 5.42. The summed E-state index contributed by atoms with van der Waals surface area (Å²) in [5.74, 6) is 0. The van der Waals surface area contributed by atoms with E-state index in [0.717, 1.165) is 12.8 Å². The van der Waals surface area contributed by atoms with E-state index in [-0.39, 0.29) is 20.3 Å². The van der Waals surface area contributed by atoms with Crippen molar-refractivity contribution in [2.24, 2.45) is 0 Å². The molecule has 10 heavy (non-hydrogen) atoms. The average Bonchev–Trinajstić information content (AvgIpc) is 1.90. The Bertz CT molecular complexity index is 92.6. The molecular weight excluding hydrogens is 132 g/mol. The quantitative estimate of drug-likeness (QED) is 0.410. The fourth-order valence-corrected chi connectivity index (χ4v) is 0.964. The number of rotatable bonds is 1. The van der Waals surface area contributed by atoms with Gasteiger partial charge in [-0.2, -0.15) is 0 Å². The van der Waals surface area contributed by atoms with E-state index in [1.165, 1.54) is 0 Å². The molecule has 0 amide bonds. The topological polar surface area (TPSA) is 9.23 Å². The zero-order valence-corrected chi connectivity index (χ0v) is 6.15. The van der Waals surface area contributed by atoms with Gasteiger partial charge in [0, 0.05) is 6.61 Å². The first kappa shape index (κ1) is 10.5. The molecule has 1 aliphatic rings. The fraction of sp³-hybridized carbons (Fsp3) is 1.00. The maximum atomic E-state index is 11.8. The van der Waals surface area contributed by atoms with Gasteiger partial charge in [0.25, 0.3) is 0 Å². The molecule has 0 aromatic rings. The summed E-state index contributed by atoms with van der Waals surface area (Å²) < 4.78 is 28.4. The molecule has 0 spiro atoms. The van der Waals surface area contributed by atoms with Crippen molar-refractivity contribution < 1.29 is 33.7 Å². The monoisotopic (exact) mass is 142 g/mol. The number of hydrogen-bond donors (Lipinski definition) is 0. The fourth-order valence-electron chi connectivity index (χ4n) is 0.964. The van der Waals surface area contributed by atoms with Gasteiger partial charge in [-0.25, -0.2) is 0 Å².